The maximum atomic E-state index is 12.7. The molecule has 1 aromatic heterocycles. The van der Waals surface area contributed by atoms with Crippen molar-refractivity contribution in [3.8, 4) is 17.1 Å². The molecule has 1 saturated carbocycles. The van der Waals surface area contributed by atoms with E-state index in [4.69, 9.17) is 4.74 Å². The Kier molecular flexibility index (Phi) is 13.1. The molecule has 37 heavy (non-hydrogen) atoms. The minimum absolute atomic E-state index is 0.0423. The van der Waals surface area contributed by atoms with Crippen molar-refractivity contribution in [3.05, 3.63) is 42.2 Å². The zero-order chi connectivity index (χ0) is 26.3. The van der Waals surface area contributed by atoms with Crippen LogP contribution in [0.1, 0.15) is 135 Å². The molecule has 1 unspecified atom stereocenters. The normalized spacial score (nSPS) is 18.5. The van der Waals surface area contributed by atoms with Gasteiger partial charge in [-0.05, 0) is 80.2 Å². The van der Waals surface area contributed by atoms with Crippen LogP contribution in [0.25, 0.3) is 11.4 Å². The largest absolute Gasteiger partial charge is 0.426 e. The van der Waals surface area contributed by atoms with Crippen molar-refractivity contribution in [2.75, 3.05) is 0 Å². The van der Waals surface area contributed by atoms with Crippen LogP contribution in [0.2, 0.25) is 0 Å². The first-order valence-electron chi connectivity index (χ1n) is 15.3. The molecule has 1 fully saturated rings. The van der Waals surface area contributed by atoms with E-state index in [9.17, 15) is 4.79 Å². The Morgan fingerprint density at radius 2 is 1.46 bits per heavy atom. The van der Waals surface area contributed by atoms with Crippen molar-refractivity contribution in [3.63, 3.8) is 0 Å². The lowest BCUT2D eigenvalue weighted by Crippen LogP contribution is -2.25. The van der Waals surface area contributed by atoms with Gasteiger partial charge in [0.1, 0.15) is 5.75 Å². The zero-order valence-corrected chi connectivity index (χ0v) is 23.7. The molecule has 0 aliphatic heterocycles. The number of hydrogen-bond acceptors (Lipinski definition) is 4. The fourth-order valence-electron chi connectivity index (χ4n) is 5.76. The number of rotatable bonds is 16. The third-order valence-corrected chi connectivity index (χ3v) is 8.16. The predicted molar refractivity (Wildman–Crippen MR) is 154 cm³/mol. The summed E-state index contributed by atoms with van der Waals surface area (Å²) in [6.07, 6.45) is 23.7. The Balaban J connectivity index is 1.48. The Morgan fingerprint density at radius 3 is 2.11 bits per heavy atom. The Hall–Kier alpha value is -2.23. The molecule has 0 saturated heterocycles. The molecule has 1 aromatic carbocycles. The predicted octanol–water partition coefficient (Wildman–Crippen LogP) is 9.68. The molecule has 1 aliphatic rings. The topological polar surface area (TPSA) is 52.1 Å². The molecule has 1 atom stereocenters. The van der Waals surface area contributed by atoms with E-state index in [1.807, 2.05) is 36.7 Å². The molecule has 0 amide bonds. The third-order valence-electron chi connectivity index (χ3n) is 8.16. The summed E-state index contributed by atoms with van der Waals surface area (Å²) in [5.74, 6) is 2.65. The average molecular weight is 507 g/mol. The highest BCUT2D eigenvalue weighted by atomic mass is 16.5. The van der Waals surface area contributed by atoms with Crippen molar-refractivity contribution >= 4 is 5.97 Å². The molecular weight excluding hydrogens is 456 g/mol. The van der Waals surface area contributed by atoms with Crippen LogP contribution in [0, 0.1) is 11.8 Å². The van der Waals surface area contributed by atoms with Gasteiger partial charge in [-0.15, -0.1) is 0 Å². The SMILES string of the molecule is CCCCCCCC(CCC)c1cnc(-c2ccc(OC(=O)C3CCC(CCCCC)CC3)cc2)nc1. The van der Waals surface area contributed by atoms with Crippen LogP contribution in [0.3, 0.4) is 0 Å². The fraction of sp³-hybridized carbons (Fsp3) is 0.667. The number of carbonyl (C=O) groups is 1. The van der Waals surface area contributed by atoms with E-state index < -0.39 is 0 Å². The molecule has 2 aromatic rings. The van der Waals surface area contributed by atoms with Gasteiger partial charge in [-0.2, -0.15) is 0 Å². The van der Waals surface area contributed by atoms with Crippen molar-refractivity contribution in [1.82, 2.24) is 9.97 Å². The number of hydrogen-bond donors (Lipinski definition) is 0. The average Bonchev–Trinajstić information content (AvgIpc) is 2.93. The molecule has 0 bridgehead atoms. The van der Waals surface area contributed by atoms with Gasteiger partial charge >= 0.3 is 5.97 Å². The van der Waals surface area contributed by atoms with Crippen LogP contribution in [0.15, 0.2) is 36.7 Å². The standard InChI is InChI=1S/C33H50N2O2/c1-4-7-9-10-12-15-27(13-6-3)30-24-34-32(35-25-30)28-20-22-31(23-21-28)37-33(36)29-18-16-26(17-19-29)14-11-8-5-2/h20-27,29H,4-19H2,1-3H3. The number of ether oxygens (including phenoxy) is 1. The number of unbranched alkanes of at least 4 members (excludes halogenated alkanes) is 6. The molecule has 1 aliphatic carbocycles. The molecule has 3 rings (SSSR count). The number of benzene rings is 1. The summed E-state index contributed by atoms with van der Waals surface area (Å²) in [5, 5.41) is 0. The van der Waals surface area contributed by atoms with Gasteiger partial charge in [0.2, 0.25) is 0 Å². The minimum Gasteiger partial charge on any atom is -0.426 e. The summed E-state index contributed by atoms with van der Waals surface area (Å²) in [4.78, 5) is 22.1. The van der Waals surface area contributed by atoms with Crippen LogP contribution >= 0.6 is 0 Å². The summed E-state index contributed by atoms with van der Waals surface area (Å²) < 4.78 is 5.74. The van der Waals surface area contributed by atoms with E-state index in [0.717, 1.165) is 43.0 Å². The molecule has 0 N–H and O–H groups in total. The lowest BCUT2D eigenvalue weighted by Gasteiger charge is -2.27. The van der Waals surface area contributed by atoms with E-state index in [1.54, 1.807) is 0 Å². The fourth-order valence-corrected chi connectivity index (χ4v) is 5.76. The lowest BCUT2D eigenvalue weighted by atomic mass is 9.80. The number of carbonyl (C=O) groups excluding carboxylic acids is 1. The van der Waals surface area contributed by atoms with Gasteiger partial charge in [0.05, 0.1) is 5.92 Å². The van der Waals surface area contributed by atoms with Crippen LogP contribution in [-0.2, 0) is 4.79 Å². The quantitative estimate of drug-likeness (QED) is 0.129. The summed E-state index contributed by atoms with van der Waals surface area (Å²) >= 11 is 0. The second kappa shape index (κ2) is 16.6. The van der Waals surface area contributed by atoms with Crippen molar-refractivity contribution in [2.45, 2.75) is 129 Å². The third kappa shape index (κ3) is 9.87. The Bertz CT molecular complexity index is 886. The summed E-state index contributed by atoms with van der Waals surface area (Å²) in [6.45, 7) is 6.77. The first-order valence-corrected chi connectivity index (χ1v) is 15.3. The highest BCUT2D eigenvalue weighted by molar-refractivity contribution is 5.75. The number of aromatic nitrogens is 2. The van der Waals surface area contributed by atoms with Gasteiger partial charge in [-0.1, -0.05) is 85.0 Å². The second-order valence-electron chi connectivity index (χ2n) is 11.2. The molecule has 204 valence electrons. The monoisotopic (exact) mass is 506 g/mol. The van der Waals surface area contributed by atoms with Crippen LogP contribution in [0.4, 0.5) is 0 Å². The number of nitrogens with zero attached hydrogens (tertiary/aromatic N) is 2. The Morgan fingerprint density at radius 1 is 0.811 bits per heavy atom. The van der Waals surface area contributed by atoms with Crippen molar-refractivity contribution in [1.29, 1.82) is 0 Å². The minimum atomic E-state index is -0.0722. The van der Waals surface area contributed by atoms with E-state index in [0.29, 0.717) is 11.7 Å². The summed E-state index contributed by atoms with van der Waals surface area (Å²) in [5.41, 5.74) is 2.21. The van der Waals surface area contributed by atoms with Gasteiger partial charge in [-0.3, -0.25) is 4.79 Å². The van der Waals surface area contributed by atoms with Crippen LogP contribution < -0.4 is 4.74 Å². The molecule has 1 heterocycles. The molecule has 4 heteroatoms. The van der Waals surface area contributed by atoms with E-state index in [1.165, 1.54) is 82.6 Å². The van der Waals surface area contributed by atoms with E-state index >= 15 is 0 Å². The van der Waals surface area contributed by atoms with Crippen molar-refractivity contribution < 1.29 is 9.53 Å². The second-order valence-corrected chi connectivity index (χ2v) is 11.2. The van der Waals surface area contributed by atoms with Gasteiger partial charge in [0, 0.05) is 18.0 Å². The summed E-state index contributed by atoms with van der Waals surface area (Å²) in [7, 11) is 0. The smallest absolute Gasteiger partial charge is 0.314 e. The highest BCUT2D eigenvalue weighted by Crippen LogP contribution is 2.33. The first-order chi connectivity index (χ1) is 18.1. The first kappa shape index (κ1) is 29.3. The zero-order valence-electron chi connectivity index (χ0n) is 23.7. The van der Waals surface area contributed by atoms with Crippen LogP contribution in [-0.4, -0.2) is 15.9 Å². The van der Waals surface area contributed by atoms with E-state index in [-0.39, 0.29) is 11.9 Å². The number of esters is 1. The van der Waals surface area contributed by atoms with Gasteiger partial charge in [-0.25, -0.2) is 9.97 Å². The van der Waals surface area contributed by atoms with Crippen molar-refractivity contribution in [2.24, 2.45) is 11.8 Å². The van der Waals surface area contributed by atoms with E-state index in [2.05, 4.69) is 30.7 Å². The lowest BCUT2D eigenvalue weighted by molar-refractivity contribution is -0.140. The maximum Gasteiger partial charge on any atom is 0.314 e. The van der Waals surface area contributed by atoms with Crippen LogP contribution in [0.5, 0.6) is 5.75 Å². The maximum absolute atomic E-state index is 12.7. The molecular formula is C33H50N2O2. The molecule has 4 nitrogen and oxygen atoms in total. The summed E-state index contributed by atoms with van der Waals surface area (Å²) in [6, 6.07) is 7.66. The highest BCUT2D eigenvalue weighted by Gasteiger charge is 2.27. The molecule has 0 spiro atoms. The van der Waals surface area contributed by atoms with Gasteiger partial charge in [0.15, 0.2) is 5.82 Å². The van der Waals surface area contributed by atoms with Gasteiger partial charge < -0.3 is 4.74 Å². The van der Waals surface area contributed by atoms with Gasteiger partial charge in [0.25, 0.3) is 0 Å². The Labute approximate surface area is 226 Å². The molecule has 0 radical (unpaired) electrons.